The van der Waals surface area contributed by atoms with E-state index in [9.17, 15) is 14.2 Å². The van der Waals surface area contributed by atoms with Crippen LogP contribution in [0.25, 0.3) is 0 Å². The van der Waals surface area contributed by atoms with Gasteiger partial charge in [-0.2, -0.15) is 0 Å². The van der Waals surface area contributed by atoms with Crippen LogP contribution in [0.1, 0.15) is 51.7 Å². The molecular formula is C32H44N2O5P+. The predicted octanol–water partition coefficient (Wildman–Crippen LogP) is 6.94. The molecule has 2 aromatic carbocycles. The highest BCUT2D eigenvalue weighted by Crippen LogP contribution is 2.39. The number of hydrogen-bond donors (Lipinski definition) is 0. The first-order chi connectivity index (χ1) is 19.2. The van der Waals surface area contributed by atoms with Crippen LogP contribution in [-0.4, -0.2) is 46.5 Å². The maximum atomic E-state index is 14.3. The summed E-state index contributed by atoms with van der Waals surface area (Å²) in [4.78, 5) is 26.9. The van der Waals surface area contributed by atoms with E-state index < -0.39 is 32.1 Å². The lowest BCUT2D eigenvalue weighted by Crippen LogP contribution is -2.46. The molecule has 0 radical (unpaired) electrons. The van der Waals surface area contributed by atoms with E-state index in [0.29, 0.717) is 12.8 Å². The molecule has 2 atom stereocenters. The third kappa shape index (κ3) is 10.8. The smallest absolute Gasteiger partial charge is 0.460 e. The minimum Gasteiger partial charge on any atom is -0.460 e. The van der Waals surface area contributed by atoms with Gasteiger partial charge in [0.1, 0.15) is 13.2 Å². The Morgan fingerprint density at radius 2 is 1.07 bits per heavy atom. The molecule has 0 unspecified atom stereocenters. The molecule has 0 aliphatic heterocycles. The number of benzene rings is 2. The third-order valence-electron chi connectivity index (χ3n) is 6.17. The SMILES string of the molecule is C=CCN([C@@H](CC(C)C)C(=O)OCc1ccccc1)[P+](=O)N(CC=C)[C@@H](CC(C)C)C(=O)OCc1ccccc1. The number of carbonyl (C=O) groups excluding carboxylic acids is 2. The van der Waals surface area contributed by atoms with Gasteiger partial charge in [0.2, 0.25) is 0 Å². The highest BCUT2D eigenvalue weighted by molar-refractivity contribution is 7.39. The van der Waals surface area contributed by atoms with Crippen molar-refractivity contribution in [3.63, 3.8) is 0 Å². The second-order valence-electron chi connectivity index (χ2n) is 10.6. The summed E-state index contributed by atoms with van der Waals surface area (Å²) in [7, 11) is -2.38. The van der Waals surface area contributed by atoms with Crippen LogP contribution in [0.5, 0.6) is 0 Å². The van der Waals surface area contributed by atoms with E-state index in [2.05, 4.69) is 13.2 Å². The second-order valence-corrected chi connectivity index (χ2v) is 12.1. The molecule has 2 rings (SSSR count). The summed E-state index contributed by atoms with van der Waals surface area (Å²) >= 11 is 0. The molecule has 0 saturated heterocycles. The normalized spacial score (nSPS) is 12.8. The topological polar surface area (TPSA) is 76.2 Å². The van der Waals surface area contributed by atoms with Crippen molar-refractivity contribution in [1.29, 1.82) is 0 Å². The van der Waals surface area contributed by atoms with Gasteiger partial charge in [0.25, 0.3) is 0 Å². The van der Waals surface area contributed by atoms with Crippen LogP contribution in [0.3, 0.4) is 0 Å². The first-order valence-corrected chi connectivity index (χ1v) is 15.0. The minimum atomic E-state index is -2.38. The molecule has 7 nitrogen and oxygen atoms in total. The van der Waals surface area contributed by atoms with E-state index in [1.165, 1.54) is 0 Å². The van der Waals surface area contributed by atoms with Crippen LogP contribution < -0.4 is 0 Å². The Labute approximate surface area is 240 Å². The van der Waals surface area contributed by atoms with Crippen LogP contribution in [0, 0.1) is 11.8 Å². The fourth-order valence-electron chi connectivity index (χ4n) is 4.27. The second kappa shape index (κ2) is 17.5. The van der Waals surface area contributed by atoms with Gasteiger partial charge in [-0.25, -0.2) is 0 Å². The van der Waals surface area contributed by atoms with E-state index in [1.54, 1.807) is 21.5 Å². The summed E-state index contributed by atoms with van der Waals surface area (Å²) in [6.45, 7) is 16.3. The predicted molar refractivity (Wildman–Crippen MR) is 160 cm³/mol. The molecule has 0 aliphatic rings. The lowest BCUT2D eigenvalue weighted by atomic mass is 10.0. The van der Waals surface area contributed by atoms with Gasteiger partial charge < -0.3 is 9.47 Å². The Kier molecular flexibility index (Phi) is 14.5. The molecule has 0 fully saturated rings. The van der Waals surface area contributed by atoms with Gasteiger partial charge in [0.05, 0.1) is 13.1 Å². The van der Waals surface area contributed by atoms with Crippen molar-refractivity contribution >= 4 is 20.0 Å². The van der Waals surface area contributed by atoms with Gasteiger partial charge in [-0.1, -0.05) is 110 Å². The molecule has 0 amide bonds. The van der Waals surface area contributed by atoms with E-state index >= 15 is 0 Å². The zero-order chi connectivity index (χ0) is 29.5. The minimum absolute atomic E-state index is 0.116. The highest BCUT2D eigenvalue weighted by Gasteiger charge is 2.49. The number of nitrogens with zero attached hydrogens (tertiary/aromatic N) is 2. The summed E-state index contributed by atoms with van der Waals surface area (Å²) in [5.41, 5.74) is 1.73. The van der Waals surface area contributed by atoms with Gasteiger partial charge in [0.15, 0.2) is 12.1 Å². The number of ether oxygens (including phenoxy) is 2. The van der Waals surface area contributed by atoms with Gasteiger partial charge >= 0.3 is 20.0 Å². The molecule has 0 heterocycles. The fourth-order valence-corrected chi connectivity index (χ4v) is 5.93. The van der Waals surface area contributed by atoms with Gasteiger partial charge in [-0.3, -0.25) is 9.59 Å². The van der Waals surface area contributed by atoms with Gasteiger partial charge in [0, 0.05) is 0 Å². The first-order valence-electron chi connectivity index (χ1n) is 13.8. The monoisotopic (exact) mass is 567 g/mol. The van der Waals surface area contributed by atoms with E-state index in [4.69, 9.17) is 9.47 Å². The van der Waals surface area contributed by atoms with Crippen LogP contribution in [0.15, 0.2) is 86.0 Å². The summed E-state index contributed by atoms with van der Waals surface area (Å²) in [6.07, 6.45) is 4.08. The third-order valence-corrected chi connectivity index (χ3v) is 7.94. The maximum absolute atomic E-state index is 14.3. The number of hydrogen-bond acceptors (Lipinski definition) is 5. The van der Waals surface area contributed by atoms with Crippen LogP contribution >= 0.6 is 8.10 Å². The molecule has 0 aromatic heterocycles. The summed E-state index contributed by atoms with van der Waals surface area (Å²) in [6, 6.07) is 17.3. The molecule has 216 valence electrons. The Morgan fingerprint density at radius 3 is 1.38 bits per heavy atom. The zero-order valence-electron chi connectivity index (χ0n) is 24.3. The van der Waals surface area contributed by atoms with E-state index in [0.717, 1.165) is 11.1 Å². The molecular weight excluding hydrogens is 523 g/mol. The van der Waals surface area contributed by atoms with Crippen molar-refractivity contribution in [2.45, 2.75) is 65.8 Å². The van der Waals surface area contributed by atoms with Crippen LogP contribution in [-0.2, 0) is 36.8 Å². The molecule has 2 aromatic rings. The van der Waals surface area contributed by atoms with Gasteiger partial charge in [-0.05, 0) is 40.4 Å². The Hall–Kier alpha value is -3.12. The largest absolute Gasteiger partial charge is 0.539 e. The summed E-state index contributed by atoms with van der Waals surface area (Å²) in [5.74, 6) is -0.679. The Balaban J connectivity index is 2.35. The number of carbonyl (C=O) groups is 2. The standard InChI is InChI=1S/C32H44N2O5P/c1-7-19-33(29(21-25(3)4)31(35)38-23-27-15-11-9-12-16-27)40(37)34(20-8-2)30(22-26(5)6)32(36)39-24-28-17-13-10-14-18-28/h7-18,25-26,29-30H,1-2,19-24H2,3-6H3/q+1/t29-,30-/m0/s1. The Morgan fingerprint density at radius 1 is 0.725 bits per heavy atom. The zero-order valence-corrected chi connectivity index (χ0v) is 25.2. The fraction of sp³-hybridized carbons (Fsp3) is 0.438. The van der Waals surface area contributed by atoms with Crippen molar-refractivity contribution < 1.29 is 23.6 Å². The first kappa shape index (κ1) is 33.1. The van der Waals surface area contributed by atoms with Crippen LogP contribution in [0.4, 0.5) is 0 Å². The van der Waals surface area contributed by atoms with Crippen molar-refractivity contribution in [3.8, 4) is 0 Å². The average Bonchev–Trinajstić information content (AvgIpc) is 2.94. The number of rotatable bonds is 18. The summed E-state index contributed by atoms with van der Waals surface area (Å²) in [5, 5.41) is 0. The molecule has 0 saturated carbocycles. The molecule has 0 bridgehead atoms. The number of esters is 2. The Bertz CT molecular complexity index is 1010. The van der Waals surface area contributed by atoms with Crippen molar-refractivity contribution in [2.75, 3.05) is 13.1 Å². The molecule has 0 spiro atoms. The van der Waals surface area contributed by atoms with E-state index in [-0.39, 0.29) is 38.1 Å². The highest BCUT2D eigenvalue weighted by atomic mass is 31.1. The average molecular weight is 568 g/mol. The van der Waals surface area contributed by atoms with Crippen molar-refractivity contribution in [3.05, 3.63) is 97.1 Å². The quantitative estimate of drug-likeness (QED) is 0.110. The summed E-state index contributed by atoms with van der Waals surface area (Å²) < 4.78 is 28.9. The van der Waals surface area contributed by atoms with Crippen molar-refractivity contribution in [2.24, 2.45) is 11.8 Å². The van der Waals surface area contributed by atoms with Crippen molar-refractivity contribution in [1.82, 2.24) is 9.34 Å². The lowest BCUT2D eigenvalue weighted by molar-refractivity contribution is -0.150. The molecule has 8 heteroatoms. The molecule has 0 N–H and O–H groups in total. The maximum Gasteiger partial charge on any atom is 0.539 e. The van der Waals surface area contributed by atoms with Gasteiger partial charge in [-0.15, -0.1) is 13.2 Å². The van der Waals surface area contributed by atoms with Crippen LogP contribution in [0.2, 0.25) is 0 Å². The lowest BCUT2D eigenvalue weighted by Gasteiger charge is -2.27. The molecule has 40 heavy (non-hydrogen) atoms. The molecule has 0 aliphatic carbocycles. The van der Waals surface area contributed by atoms with E-state index in [1.807, 2.05) is 88.4 Å².